The van der Waals surface area contributed by atoms with Gasteiger partial charge in [0.25, 0.3) is 0 Å². The standard InChI is InChI=1S/C17H23BrO/c1-12-7-8-15(16(19)9-12)17(2,3)11-13-5-4-6-14(18)10-13/h4-6,10,12,15H,7-9,11H2,1-3H3. The highest BCUT2D eigenvalue weighted by Crippen LogP contribution is 2.40. The van der Waals surface area contributed by atoms with E-state index in [0.717, 1.165) is 23.7 Å². The lowest BCUT2D eigenvalue weighted by Gasteiger charge is -2.37. The van der Waals surface area contributed by atoms with E-state index in [9.17, 15) is 4.79 Å². The van der Waals surface area contributed by atoms with Crippen LogP contribution in [0.15, 0.2) is 28.7 Å². The number of hydrogen-bond acceptors (Lipinski definition) is 1. The molecule has 2 rings (SSSR count). The van der Waals surface area contributed by atoms with Crippen LogP contribution in [0.1, 0.15) is 45.6 Å². The van der Waals surface area contributed by atoms with Crippen molar-refractivity contribution in [3.63, 3.8) is 0 Å². The lowest BCUT2D eigenvalue weighted by Crippen LogP contribution is -2.36. The number of carbonyl (C=O) groups excluding carboxylic acids is 1. The van der Waals surface area contributed by atoms with Crippen LogP contribution in [0.4, 0.5) is 0 Å². The Morgan fingerprint density at radius 3 is 2.68 bits per heavy atom. The van der Waals surface area contributed by atoms with Gasteiger partial charge >= 0.3 is 0 Å². The molecule has 1 nitrogen and oxygen atoms in total. The molecule has 2 heteroatoms. The molecule has 0 radical (unpaired) electrons. The van der Waals surface area contributed by atoms with Crippen molar-refractivity contribution in [3.8, 4) is 0 Å². The van der Waals surface area contributed by atoms with Crippen molar-refractivity contribution in [2.45, 2.75) is 46.5 Å². The second-order valence-electron chi connectivity index (χ2n) is 6.70. The molecule has 1 aromatic rings. The van der Waals surface area contributed by atoms with Crippen molar-refractivity contribution in [1.82, 2.24) is 0 Å². The number of halogens is 1. The van der Waals surface area contributed by atoms with Gasteiger partial charge < -0.3 is 0 Å². The summed E-state index contributed by atoms with van der Waals surface area (Å²) >= 11 is 3.52. The highest BCUT2D eigenvalue weighted by atomic mass is 79.9. The first-order valence-electron chi connectivity index (χ1n) is 7.15. The second-order valence-corrected chi connectivity index (χ2v) is 7.62. The van der Waals surface area contributed by atoms with E-state index in [1.165, 1.54) is 12.0 Å². The average molecular weight is 323 g/mol. The van der Waals surface area contributed by atoms with Gasteiger partial charge in [-0.15, -0.1) is 0 Å². The summed E-state index contributed by atoms with van der Waals surface area (Å²) in [5, 5.41) is 0. The van der Waals surface area contributed by atoms with E-state index in [4.69, 9.17) is 0 Å². The van der Waals surface area contributed by atoms with Gasteiger partial charge in [-0.2, -0.15) is 0 Å². The van der Waals surface area contributed by atoms with E-state index < -0.39 is 0 Å². The van der Waals surface area contributed by atoms with E-state index in [0.29, 0.717) is 11.7 Å². The maximum absolute atomic E-state index is 12.3. The molecule has 19 heavy (non-hydrogen) atoms. The Balaban J connectivity index is 2.11. The van der Waals surface area contributed by atoms with Crippen molar-refractivity contribution in [2.24, 2.45) is 17.3 Å². The zero-order valence-electron chi connectivity index (χ0n) is 12.1. The Bertz CT molecular complexity index is 464. The van der Waals surface area contributed by atoms with Crippen LogP contribution in [0.5, 0.6) is 0 Å². The molecule has 0 N–H and O–H groups in total. The molecular formula is C17H23BrO. The summed E-state index contributed by atoms with van der Waals surface area (Å²) in [5.41, 5.74) is 1.36. The first-order chi connectivity index (χ1) is 8.88. The fourth-order valence-electron chi connectivity index (χ4n) is 3.32. The van der Waals surface area contributed by atoms with Crippen molar-refractivity contribution in [3.05, 3.63) is 34.3 Å². The Kier molecular flexibility index (Phi) is 4.50. The number of ketones is 1. The molecular weight excluding hydrogens is 300 g/mol. The van der Waals surface area contributed by atoms with E-state index in [2.05, 4.69) is 54.9 Å². The smallest absolute Gasteiger partial charge is 0.136 e. The van der Waals surface area contributed by atoms with Gasteiger partial charge in [0.05, 0.1) is 0 Å². The van der Waals surface area contributed by atoms with Gasteiger partial charge in [-0.3, -0.25) is 4.79 Å². The van der Waals surface area contributed by atoms with Gasteiger partial charge in [0.1, 0.15) is 5.78 Å². The van der Waals surface area contributed by atoms with Crippen molar-refractivity contribution in [2.75, 3.05) is 0 Å². The maximum atomic E-state index is 12.3. The molecule has 1 fully saturated rings. The highest BCUT2D eigenvalue weighted by Gasteiger charge is 2.37. The van der Waals surface area contributed by atoms with E-state index in [1.807, 2.05) is 6.07 Å². The number of hydrogen-bond donors (Lipinski definition) is 0. The number of Topliss-reactive ketones (excluding diaryl/α,β-unsaturated/α-hetero) is 1. The molecule has 0 amide bonds. The van der Waals surface area contributed by atoms with Crippen molar-refractivity contribution < 1.29 is 4.79 Å². The van der Waals surface area contributed by atoms with Crippen LogP contribution in [0.25, 0.3) is 0 Å². The molecule has 104 valence electrons. The third kappa shape index (κ3) is 3.68. The predicted molar refractivity (Wildman–Crippen MR) is 83.1 cm³/mol. The molecule has 1 saturated carbocycles. The van der Waals surface area contributed by atoms with Crippen molar-refractivity contribution >= 4 is 21.7 Å². The van der Waals surface area contributed by atoms with Crippen LogP contribution in [0.2, 0.25) is 0 Å². The van der Waals surface area contributed by atoms with Crippen LogP contribution < -0.4 is 0 Å². The number of carbonyl (C=O) groups is 1. The first kappa shape index (κ1) is 14.8. The fraction of sp³-hybridized carbons (Fsp3) is 0.588. The van der Waals surface area contributed by atoms with Gasteiger partial charge in [0, 0.05) is 16.8 Å². The van der Waals surface area contributed by atoms with Gasteiger partial charge in [-0.05, 0) is 48.3 Å². The third-order valence-corrected chi connectivity index (χ3v) is 4.87. The molecule has 0 saturated heterocycles. The summed E-state index contributed by atoms with van der Waals surface area (Å²) in [7, 11) is 0. The number of rotatable bonds is 3. The van der Waals surface area contributed by atoms with E-state index in [1.54, 1.807) is 0 Å². The quantitative estimate of drug-likeness (QED) is 0.763. The molecule has 1 aromatic carbocycles. The van der Waals surface area contributed by atoms with Crippen molar-refractivity contribution in [1.29, 1.82) is 0 Å². The minimum Gasteiger partial charge on any atom is -0.299 e. The molecule has 0 bridgehead atoms. The summed E-state index contributed by atoms with van der Waals surface area (Å²) in [6.07, 6.45) is 3.99. The average Bonchev–Trinajstić information content (AvgIpc) is 2.27. The Hall–Kier alpha value is -0.630. The summed E-state index contributed by atoms with van der Waals surface area (Å²) in [4.78, 5) is 12.3. The minimum absolute atomic E-state index is 0.0536. The molecule has 0 aliphatic heterocycles. The first-order valence-corrected chi connectivity index (χ1v) is 7.95. The topological polar surface area (TPSA) is 17.1 Å². The summed E-state index contributed by atoms with van der Waals surface area (Å²) in [6, 6.07) is 8.43. The molecule has 1 aliphatic carbocycles. The normalized spacial score (nSPS) is 24.5. The van der Waals surface area contributed by atoms with Crippen LogP contribution in [-0.2, 0) is 11.2 Å². The molecule has 2 atom stereocenters. The summed E-state index contributed by atoms with van der Waals surface area (Å²) in [5.74, 6) is 1.27. The molecule has 0 spiro atoms. The monoisotopic (exact) mass is 322 g/mol. The summed E-state index contributed by atoms with van der Waals surface area (Å²) < 4.78 is 1.12. The lowest BCUT2D eigenvalue weighted by atomic mass is 9.66. The molecule has 1 aliphatic rings. The summed E-state index contributed by atoms with van der Waals surface area (Å²) in [6.45, 7) is 6.67. The Labute approximate surface area is 124 Å². The highest BCUT2D eigenvalue weighted by molar-refractivity contribution is 9.10. The fourth-order valence-corrected chi connectivity index (χ4v) is 3.77. The third-order valence-electron chi connectivity index (χ3n) is 4.38. The van der Waals surface area contributed by atoms with E-state index in [-0.39, 0.29) is 11.3 Å². The second kappa shape index (κ2) is 5.78. The Morgan fingerprint density at radius 2 is 2.05 bits per heavy atom. The lowest BCUT2D eigenvalue weighted by molar-refractivity contribution is -0.129. The predicted octanol–water partition coefficient (Wildman–Crippen LogP) is 5.02. The van der Waals surface area contributed by atoms with Crippen LogP contribution in [0, 0.1) is 17.3 Å². The van der Waals surface area contributed by atoms with Gasteiger partial charge in [0.2, 0.25) is 0 Å². The SMILES string of the molecule is CC1CCC(C(C)(C)Cc2cccc(Br)c2)C(=O)C1. The number of benzene rings is 1. The van der Waals surface area contributed by atoms with Gasteiger partial charge in [0.15, 0.2) is 0 Å². The largest absolute Gasteiger partial charge is 0.299 e. The van der Waals surface area contributed by atoms with Crippen LogP contribution in [-0.4, -0.2) is 5.78 Å². The molecule has 0 aromatic heterocycles. The molecule has 2 unspecified atom stereocenters. The maximum Gasteiger partial charge on any atom is 0.136 e. The zero-order chi connectivity index (χ0) is 14.0. The van der Waals surface area contributed by atoms with Gasteiger partial charge in [-0.25, -0.2) is 0 Å². The van der Waals surface area contributed by atoms with Gasteiger partial charge in [-0.1, -0.05) is 48.8 Å². The molecule has 0 heterocycles. The van der Waals surface area contributed by atoms with Crippen LogP contribution >= 0.6 is 15.9 Å². The zero-order valence-corrected chi connectivity index (χ0v) is 13.7. The van der Waals surface area contributed by atoms with E-state index >= 15 is 0 Å². The van der Waals surface area contributed by atoms with Crippen LogP contribution in [0.3, 0.4) is 0 Å². The minimum atomic E-state index is 0.0536. The Morgan fingerprint density at radius 1 is 1.32 bits per heavy atom.